The molecule has 0 aromatic heterocycles. The summed E-state index contributed by atoms with van der Waals surface area (Å²) in [5.41, 5.74) is 1.45. The van der Waals surface area contributed by atoms with Gasteiger partial charge < -0.3 is 20.5 Å². The Morgan fingerprint density at radius 2 is 2.05 bits per heavy atom. The van der Waals surface area contributed by atoms with Crippen LogP contribution in [0, 0.1) is 6.92 Å². The summed E-state index contributed by atoms with van der Waals surface area (Å²) in [6.07, 6.45) is 1.71. The standard InChI is InChI=1S/C14H20N2O4/c1-10-5-6-11(13(17)18)9-12(10)16-14(19)15-7-3-4-8-20-2/h5-6,9H,3-4,7-8H2,1-2H3,(H,17,18)(H2,15,16,19). The molecular weight excluding hydrogens is 260 g/mol. The number of hydrogen-bond donors (Lipinski definition) is 3. The van der Waals surface area contributed by atoms with E-state index in [1.165, 1.54) is 12.1 Å². The predicted molar refractivity (Wildman–Crippen MR) is 76.3 cm³/mol. The minimum absolute atomic E-state index is 0.144. The first-order valence-corrected chi connectivity index (χ1v) is 6.42. The Kier molecular flexibility index (Phi) is 6.52. The van der Waals surface area contributed by atoms with Gasteiger partial charge in [0.05, 0.1) is 5.56 Å². The SMILES string of the molecule is COCCCCNC(=O)Nc1cc(C(=O)O)ccc1C. The van der Waals surface area contributed by atoms with Crippen molar-refractivity contribution < 1.29 is 19.4 Å². The van der Waals surface area contributed by atoms with E-state index in [0.717, 1.165) is 18.4 Å². The zero-order chi connectivity index (χ0) is 15.0. The van der Waals surface area contributed by atoms with Gasteiger partial charge in [-0.15, -0.1) is 0 Å². The number of carboxylic acids is 1. The van der Waals surface area contributed by atoms with Crippen molar-refractivity contribution in [3.05, 3.63) is 29.3 Å². The monoisotopic (exact) mass is 280 g/mol. The molecule has 2 amide bonds. The Bertz CT molecular complexity index is 474. The second-order valence-corrected chi connectivity index (χ2v) is 4.42. The maximum absolute atomic E-state index is 11.7. The fraction of sp³-hybridized carbons (Fsp3) is 0.429. The summed E-state index contributed by atoms with van der Waals surface area (Å²) in [5.74, 6) is -1.02. The van der Waals surface area contributed by atoms with Gasteiger partial charge in [-0.3, -0.25) is 0 Å². The first-order chi connectivity index (χ1) is 9.54. The number of carboxylic acid groups (broad SMARTS) is 1. The average Bonchev–Trinajstić information content (AvgIpc) is 2.40. The van der Waals surface area contributed by atoms with E-state index < -0.39 is 5.97 Å². The topological polar surface area (TPSA) is 87.7 Å². The summed E-state index contributed by atoms with van der Waals surface area (Å²) in [4.78, 5) is 22.6. The maximum Gasteiger partial charge on any atom is 0.335 e. The minimum Gasteiger partial charge on any atom is -0.478 e. The van der Waals surface area contributed by atoms with E-state index >= 15 is 0 Å². The smallest absolute Gasteiger partial charge is 0.335 e. The van der Waals surface area contributed by atoms with Crippen LogP contribution in [0.1, 0.15) is 28.8 Å². The summed E-state index contributed by atoms with van der Waals surface area (Å²) < 4.78 is 4.91. The lowest BCUT2D eigenvalue weighted by Crippen LogP contribution is -2.30. The molecular formula is C14H20N2O4. The molecule has 0 bridgehead atoms. The molecule has 3 N–H and O–H groups in total. The average molecular weight is 280 g/mol. The second kappa shape index (κ2) is 8.16. The lowest BCUT2D eigenvalue weighted by atomic mass is 10.1. The molecule has 0 atom stereocenters. The first-order valence-electron chi connectivity index (χ1n) is 6.42. The zero-order valence-electron chi connectivity index (χ0n) is 11.7. The summed E-state index contributed by atoms with van der Waals surface area (Å²) in [5, 5.41) is 14.3. The number of aromatic carboxylic acids is 1. The molecule has 0 saturated heterocycles. The minimum atomic E-state index is -1.02. The van der Waals surface area contributed by atoms with E-state index in [0.29, 0.717) is 18.8 Å². The molecule has 0 fully saturated rings. The van der Waals surface area contributed by atoms with Crippen molar-refractivity contribution in [3.63, 3.8) is 0 Å². The van der Waals surface area contributed by atoms with E-state index in [4.69, 9.17) is 9.84 Å². The number of hydrogen-bond acceptors (Lipinski definition) is 3. The molecule has 110 valence electrons. The van der Waals surface area contributed by atoms with Crippen molar-refractivity contribution in [3.8, 4) is 0 Å². The molecule has 1 aromatic rings. The van der Waals surface area contributed by atoms with E-state index in [-0.39, 0.29) is 11.6 Å². The van der Waals surface area contributed by atoms with Crippen LogP contribution in [0.5, 0.6) is 0 Å². The quantitative estimate of drug-likeness (QED) is 0.668. The number of anilines is 1. The van der Waals surface area contributed by atoms with E-state index in [2.05, 4.69) is 10.6 Å². The van der Waals surface area contributed by atoms with Gasteiger partial charge in [-0.05, 0) is 37.5 Å². The molecule has 20 heavy (non-hydrogen) atoms. The fourth-order valence-electron chi connectivity index (χ4n) is 1.63. The van der Waals surface area contributed by atoms with Gasteiger partial charge in [-0.2, -0.15) is 0 Å². The van der Waals surface area contributed by atoms with Crippen molar-refractivity contribution in [1.29, 1.82) is 0 Å². The highest BCUT2D eigenvalue weighted by Gasteiger charge is 2.08. The molecule has 1 aromatic carbocycles. The predicted octanol–water partition coefficient (Wildman–Crippen LogP) is 2.24. The molecule has 0 saturated carbocycles. The fourth-order valence-corrected chi connectivity index (χ4v) is 1.63. The Balaban J connectivity index is 2.49. The van der Waals surface area contributed by atoms with E-state index in [9.17, 15) is 9.59 Å². The van der Waals surface area contributed by atoms with Gasteiger partial charge in [0.1, 0.15) is 0 Å². The van der Waals surface area contributed by atoms with Gasteiger partial charge in [0.2, 0.25) is 0 Å². The number of nitrogens with one attached hydrogen (secondary N) is 2. The molecule has 6 heteroatoms. The zero-order valence-corrected chi connectivity index (χ0v) is 11.7. The third-order valence-electron chi connectivity index (χ3n) is 2.79. The highest BCUT2D eigenvalue weighted by molar-refractivity contribution is 5.93. The molecule has 0 aliphatic rings. The van der Waals surface area contributed by atoms with Crippen LogP contribution in [0.25, 0.3) is 0 Å². The Morgan fingerprint density at radius 1 is 1.30 bits per heavy atom. The van der Waals surface area contributed by atoms with Gasteiger partial charge in [0.15, 0.2) is 0 Å². The van der Waals surface area contributed by atoms with Gasteiger partial charge in [-0.25, -0.2) is 9.59 Å². The van der Waals surface area contributed by atoms with Crippen molar-refractivity contribution in [2.75, 3.05) is 25.6 Å². The number of carbonyl (C=O) groups is 2. The first kappa shape index (κ1) is 16.0. The highest BCUT2D eigenvalue weighted by Crippen LogP contribution is 2.16. The lowest BCUT2D eigenvalue weighted by Gasteiger charge is -2.10. The Labute approximate surface area is 118 Å². The molecule has 6 nitrogen and oxygen atoms in total. The Hall–Kier alpha value is -2.08. The Morgan fingerprint density at radius 3 is 2.70 bits per heavy atom. The number of rotatable bonds is 7. The second-order valence-electron chi connectivity index (χ2n) is 4.42. The van der Waals surface area contributed by atoms with Crippen molar-refractivity contribution in [2.24, 2.45) is 0 Å². The summed E-state index contributed by atoms with van der Waals surface area (Å²) in [6.45, 7) is 3.02. The lowest BCUT2D eigenvalue weighted by molar-refractivity contribution is 0.0697. The number of urea groups is 1. The molecule has 0 aliphatic carbocycles. The van der Waals surface area contributed by atoms with Crippen LogP contribution < -0.4 is 10.6 Å². The van der Waals surface area contributed by atoms with Gasteiger partial charge in [0.25, 0.3) is 0 Å². The number of benzene rings is 1. The number of methoxy groups -OCH3 is 1. The van der Waals surface area contributed by atoms with Crippen LogP contribution in [0.3, 0.4) is 0 Å². The third kappa shape index (κ3) is 5.27. The van der Waals surface area contributed by atoms with Crippen LogP contribution in [-0.4, -0.2) is 37.4 Å². The van der Waals surface area contributed by atoms with Crippen molar-refractivity contribution >= 4 is 17.7 Å². The number of aryl methyl sites for hydroxylation is 1. The van der Waals surface area contributed by atoms with Crippen LogP contribution in [0.4, 0.5) is 10.5 Å². The number of ether oxygens (including phenoxy) is 1. The van der Waals surface area contributed by atoms with Crippen molar-refractivity contribution in [1.82, 2.24) is 5.32 Å². The molecule has 0 radical (unpaired) electrons. The van der Waals surface area contributed by atoms with Crippen molar-refractivity contribution in [2.45, 2.75) is 19.8 Å². The number of carbonyl (C=O) groups excluding carboxylic acids is 1. The van der Waals surface area contributed by atoms with Crippen LogP contribution >= 0.6 is 0 Å². The normalized spacial score (nSPS) is 10.1. The van der Waals surface area contributed by atoms with Crippen LogP contribution in [0.15, 0.2) is 18.2 Å². The van der Waals surface area contributed by atoms with Gasteiger partial charge in [0, 0.05) is 25.9 Å². The van der Waals surface area contributed by atoms with Crippen LogP contribution in [0.2, 0.25) is 0 Å². The molecule has 0 unspecified atom stereocenters. The maximum atomic E-state index is 11.7. The summed E-state index contributed by atoms with van der Waals surface area (Å²) in [7, 11) is 1.64. The molecule has 0 heterocycles. The van der Waals surface area contributed by atoms with Gasteiger partial charge in [-0.1, -0.05) is 6.07 Å². The summed E-state index contributed by atoms with van der Waals surface area (Å²) in [6, 6.07) is 4.28. The van der Waals surface area contributed by atoms with Gasteiger partial charge >= 0.3 is 12.0 Å². The molecule has 1 rings (SSSR count). The largest absolute Gasteiger partial charge is 0.478 e. The molecule has 0 spiro atoms. The number of unbranched alkanes of at least 4 members (excludes halogenated alkanes) is 1. The highest BCUT2D eigenvalue weighted by atomic mass is 16.5. The third-order valence-corrected chi connectivity index (χ3v) is 2.79. The molecule has 0 aliphatic heterocycles. The van der Waals surface area contributed by atoms with E-state index in [1.54, 1.807) is 20.1 Å². The van der Waals surface area contributed by atoms with Crippen LogP contribution in [-0.2, 0) is 4.74 Å². The summed E-state index contributed by atoms with van der Waals surface area (Å²) >= 11 is 0. The number of amides is 2. The van der Waals surface area contributed by atoms with E-state index in [1.807, 2.05) is 0 Å².